The highest BCUT2D eigenvalue weighted by atomic mass is 127. The van der Waals surface area contributed by atoms with Crippen LogP contribution in [0.4, 0.5) is 0 Å². The van der Waals surface area contributed by atoms with E-state index in [2.05, 4.69) is 61.6 Å². The predicted octanol–water partition coefficient (Wildman–Crippen LogP) is 4.25. The molecule has 0 aliphatic rings. The van der Waals surface area contributed by atoms with Gasteiger partial charge in [0.15, 0.2) is 17.5 Å². The van der Waals surface area contributed by atoms with Crippen molar-refractivity contribution in [2.24, 2.45) is 4.99 Å². The molecule has 0 saturated carbocycles. The Balaban J connectivity index is 0.00000385. The lowest BCUT2D eigenvalue weighted by molar-refractivity contribution is 0.287. The molecule has 0 saturated heterocycles. The first-order valence-corrected chi connectivity index (χ1v) is 11.1. The molecule has 2 N–H and O–H groups in total. The summed E-state index contributed by atoms with van der Waals surface area (Å²) in [7, 11) is 1.79. The molecule has 3 rings (SSSR count). The van der Waals surface area contributed by atoms with Crippen LogP contribution in [-0.2, 0) is 19.5 Å². The number of hydrogen-bond acceptors (Lipinski definition) is 4. The van der Waals surface area contributed by atoms with Crippen molar-refractivity contribution in [1.82, 2.24) is 20.2 Å². The SMILES string of the molecule is CCOc1ccc(CCNC(=NC)NCc2ccc(Cn3ccnc3)cc2)cc1OCC.I. The van der Waals surface area contributed by atoms with Gasteiger partial charge in [-0.15, -0.1) is 24.0 Å². The van der Waals surface area contributed by atoms with Gasteiger partial charge in [0, 0.05) is 39.1 Å². The molecular formula is C25H34IN5O2. The molecule has 7 nitrogen and oxygen atoms in total. The normalized spacial score (nSPS) is 10.9. The minimum Gasteiger partial charge on any atom is -0.490 e. The zero-order valence-electron chi connectivity index (χ0n) is 19.6. The lowest BCUT2D eigenvalue weighted by Crippen LogP contribution is -2.37. The highest BCUT2D eigenvalue weighted by molar-refractivity contribution is 14.0. The van der Waals surface area contributed by atoms with Gasteiger partial charge < -0.3 is 24.7 Å². The van der Waals surface area contributed by atoms with Crippen LogP contribution in [0.1, 0.15) is 30.5 Å². The van der Waals surface area contributed by atoms with E-state index in [1.165, 1.54) is 16.7 Å². The first-order valence-electron chi connectivity index (χ1n) is 11.1. The highest BCUT2D eigenvalue weighted by Crippen LogP contribution is 2.28. The average molecular weight is 563 g/mol. The molecular weight excluding hydrogens is 529 g/mol. The van der Waals surface area contributed by atoms with Crippen molar-refractivity contribution in [3.8, 4) is 11.5 Å². The van der Waals surface area contributed by atoms with Gasteiger partial charge in [0.2, 0.25) is 0 Å². The number of halogens is 1. The Bertz CT molecular complexity index is 975. The maximum absolute atomic E-state index is 5.72. The molecule has 0 aliphatic heterocycles. The van der Waals surface area contributed by atoms with Crippen LogP contribution in [0.2, 0.25) is 0 Å². The van der Waals surface area contributed by atoms with Gasteiger partial charge in [-0.2, -0.15) is 0 Å². The second-order valence-electron chi connectivity index (χ2n) is 7.30. The van der Waals surface area contributed by atoms with Crippen molar-refractivity contribution in [3.63, 3.8) is 0 Å². The summed E-state index contributed by atoms with van der Waals surface area (Å²) in [4.78, 5) is 8.41. The number of benzene rings is 2. The quantitative estimate of drug-likeness (QED) is 0.207. The van der Waals surface area contributed by atoms with Gasteiger partial charge in [-0.3, -0.25) is 4.99 Å². The molecule has 0 aliphatic carbocycles. The Morgan fingerprint density at radius 2 is 1.64 bits per heavy atom. The minimum atomic E-state index is 0. The third-order valence-electron chi connectivity index (χ3n) is 4.94. The number of hydrogen-bond donors (Lipinski definition) is 2. The molecule has 178 valence electrons. The van der Waals surface area contributed by atoms with E-state index in [1.54, 1.807) is 13.2 Å². The van der Waals surface area contributed by atoms with Crippen LogP contribution in [-0.4, -0.2) is 42.3 Å². The zero-order chi connectivity index (χ0) is 22.6. The summed E-state index contributed by atoms with van der Waals surface area (Å²) in [5.74, 6) is 2.37. The molecule has 8 heteroatoms. The van der Waals surface area contributed by atoms with Crippen molar-refractivity contribution in [1.29, 1.82) is 0 Å². The van der Waals surface area contributed by atoms with Gasteiger partial charge >= 0.3 is 0 Å². The Labute approximate surface area is 213 Å². The predicted molar refractivity (Wildman–Crippen MR) is 144 cm³/mol. The van der Waals surface area contributed by atoms with Crippen molar-refractivity contribution in [2.45, 2.75) is 33.4 Å². The number of ether oxygens (including phenoxy) is 2. The van der Waals surface area contributed by atoms with Crippen molar-refractivity contribution >= 4 is 29.9 Å². The first kappa shape index (κ1) is 26.5. The monoisotopic (exact) mass is 563 g/mol. The van der Waals surface area contributed by atoms with Crippen LogP contribution in [0.3, 0.4) is 0 Å². The summed E-state index contributed by atoms with van der Waals surface area (Å²) in [6.07, 6.45) is 6.45. The zero-order valence-corrected chi connectivity index (χ0v) is 21.9. The van der Waals surface area contributed by atoms with Crippen LogP contribution in [0.25, 0.3) is 0 Å². The van der Waals surface area contributed by atoms with E-state index in [0.29, 0.717) is 19.8 Å². The fourth-order valence-electron chi connectivity index (χ4n) is 3.34. The van der Waals surface area contributed by atoms with E-state index in [0.717, 1.165) is 37.0 Å². The van der Waals surface area contributed by atoms with Crippen molar-refractivity contribution in [3.05, 3.63) is 77.9 Å². The third-order valence-corrected chi connectivity index (χ3v) is 4.94. The van der Waals surface area contributed by atoms with Crippen LogP contribution in [0.5, 0.6) is 11.5 Å². The number of aliphatic imine (C=N–C) groups is 1. The molecule has 0 bridgehead atoms. The minimum absolute atomic E-state index is 0. The average Bonchev–Trinajstić information content (AvgIpc) is 3.32. The second kappa shape index (κ2) is 14.4. The van der Waals surface area contributed by atoms with Gasteiger partial charge in [-0.25, -0.2) is 4.98 Å². The Hall–Kier alpha value is -2.75. The lowest BCUT2D eigenvalue weighted by Gasteiger charge is -2.14. The molecule has 0 radical (unpaired) electrons. The number of nitrogens with one attached hydrogen (secondary N) is 2. The molecule has 1 aromatic heterocycles. The Morgan fingerprint density at radius 1 is 0.939 bits per heavy atom. The van der Waals surface area contributed by atoms with Gasteiger partial charge in [0.05, 0.1) is 19.5 Å². The summed E-state index contributed by atoms with van der Waals surface area (Å²) in [5.41, 5.74) is 3.64. The van der Waals surface area contributed by atoms with E-state index < -0.39 is 0 Å². The maximum atomic E-state index is 5.72. The number of rotatable bonds is 11. The molecule has 0 spiro atoms. The summed E-state index contributed by atoms with van der Waals surface area (Å²) >= 11 is 0. The highest BCUT2D eigenvalue weighted by Gasteiger charge is 2.07. The topological polar surface area (TPSA) is 72.7 Å². The molecule has 1 heterocycles. The number of nitrogens with zero attached hydrogens (tertiary/aromatic N) is 3. The van der Waals surface area contributed by atoms with Gasteiger partial charge in [0.25, 0.3) is 0 Å². The Morgan fingerprint density at radius 3 is 2.30 bits per heavy atom. The summed E-state index contributed by atoms with van der Waals surface area (Å²) in [6, 6.07) is 14.7. The summed E-state index contributed by atoms with van der Waals surface area (Å²) in [6.45, 7) is 7.49. The number of imidazole rings is 1. The summed E-state index contributed by atoms with van der Waals surface area (Å²) < 4.78 is 13.4. The van der Waals surface area contributed by atoms with E-state index >= 15 is 0 Å². The molecule has 0 amide bonds. The van der Waals surface area contributed by atoms with Crippen LogP contribution >= 0.6 is 24.0 Å². The fraction of sp³-hybridized carbons (Fsp3) is 0.360. The standard InChI is InChI=1S/C25H33N5O2.HI/c1-4-31-23-11-10-20(16-24(23)32-5-2)12-13-28-25(26-3)29-17-21-6-8-22(9-7-21)18-30-15-14-27-19-30;/h6-11,14-16,19H,4-5,12-13,17-18H2,1-3H3,(H2,26,28,29);1H. The number of aromatic nitrogens is 2. The Kier molecular flexibility index (Phi) is 11.6. The van der Waals surface area contributed by atoms with Crippen LogP contribution < -0.4 is 20.1 Å². The third kappa shape index (κ3) is 8.60. The van der Waals surface area contributed by atoms with Gasteiger partial charge in [-0.1, -0.05) is 30.3 Å². The van der Waals surface area contributed by atoms with E-state index in [4.69, 9.17) is 9.47 Å². The first-order chi connectivity index (χ1) is 15.7. The maximum Gasteiger partial charge on any atom is 0.191 e. The summed E-state index contributed by atoms with van der Waals surface area (Å²) in [5, 5.41) is 6.75. The molecule has 0 unspecified atom stereocenters. The van der Waals surface area contributed by atoms with Crippen molar-refractivity contribution in [2.75, 3.05) is 26.8 Å². The molecule has 2 aromatic carbocycles. The molecule has 0 fully saturated rings. The lowest BCUT2D eigenvalue weighted by atomic mass is 10.1. The van der Waals surface area contributed by atoms with Crippen molar-refractivity contribution < 1.29 is 9.47 Å². The van der Waals surface area contributed by atoms with Gasteiger partial charge in [0.1, 0.15) is 0 Å². The second-order valence-corrected chi connectivity index (χ2v) is 7.30. The smallest absolute Gasteiger partial charge is 0.191 e. The van der Waals surface area contributed by atoms with E-state index in [1.807, 2.05) is 32.4 Å². The molecule has 0 atom stereocenters. The number of guanidine groups is 1. The van der Waals surface area contributed by atoms with E-state index in [9.17, 15) is 0 Å². The fourth-order valence-corrected chi connectivity index (χ4v) is 3.34. The van der Waals surface area contributed by atoms with Gasteiger partial charge in [-0.05, 0) is 49.1 Å². The van der Waals surface area contributed by atoms with E-state index in [-0.39, 0.29) is 24.0 Å². The largest absolute Gasteiger partial charge is 0.490 e. The molecule has 33 heavy (non-hydrogen) atoms. The van der Waals surface area contributed by atoms with Crippen LogP contribution in [0, 0.1) is 0 Å². The molecule has 3 aromatic rings. The van der Waals surface area contributed by atoms with Crippen LogP contribution in [0.15, 0.2) is 66.2 Å².